The van der Waals surface area contributed by atoms with Gasteiger partial charge in [-0.1, -0.05) is 0 Å². The fourth-order valence-corrected chi connectivity index (χ4v) is 6.97. The molecule has 14 nitrogen and oxygen atoms in total. The second kappa shape index (κ2) is 10.0. The van der Waals surface area contributed by atoms with E-state index >= 15 is 0 Å². The first kappa shape index (κ1) is 26.8. The van der Waals surface area contributed by atoms with E-state index in [0.29, 0.717) is 68.5 Å². The molecule has 1 amide bonds. The van der Waals surface area contributed by atoms with Gasteiger partial charge in [-0.25, -0.2) is 23.4 Å². The van der Waals surface area contributed by atoms with E-state index in [0.717, 1.165) is 20.8 Å². The average molecular weight is 593 g/mol. The highest BCUT2D eigenvalue weighted by Crippen LogP contribution is 2.35. The molecule has 2 saturated heterocycles. The molecule has 0 radical (unpaired) electrons. The largest absolute Gasteiger partial charge is 0.391 e. The number of rotatable bonds is 8. The highest BCUT2D eigenvalue weighted by atomic mass is 32.2. The Kier molecular flexibility index (Phi) is 6.38. The first-order chi connectivity index (χ1) is 20.2. The number of aromatic nitrogens is 7. The number of carbonyl (C=O) groups excluding carboxylic acids is 1. The van der Waals surface area contributed by atoms with Gasteiger partial charge in [0.15, 0.2) is 11.6 Å². The third-order valence-corrected chi connectivity index (χ3v) is 10.0. The van der Waals surface area contributed by atoms with Gasteiger partial charge in [-0.2, -0.15) is 14.3 Å². The van der Waals surface area contributed by atoms with Crippen molar-refractivity contribution in [3.8, 4) is 11.4 Å². The Morgan fingerprint density at radius 2 is 1.90 bits per heavy atom. The van der Waals surface area contributed by atoms with Crippen molar-refractivity contribution in [2.45, 2.75) is 50.5 Å². The van der Waals surface area contributed by atoms with Crippen LogP contribution >= 0.6 is 0 Å². The Bertz CT molecular complexity index is 1770. The summed E-state index contributed by atoms with van der Waals surface area (Å²) >= 11 is 0. The average Bonchev–Trinajstić information content (AvgIpc) is 3.35. The molecule has 220 valence electrons. The number of aliphatic hydroxyl groups is 1. The van der Waals surface area contributed by atoms with Crippen LogP contribution < -0.4 is 10.2 Å². The summed E-state index contributed by atoms with van der Waals surface area (Å²) in [7, 11) is -3.47. The Morgan fingerprint density at radius 1 is 1.10 bits per heavy atom. The molecule has 3 aliphatic rings. The van der Waals surface area contributed by atoms with Gasteiger partial charge in [0.1, 0.15) is 11.6 Å². The molecule has 15 heteroatoms. The number of anilines is 3. The Labute approximate surface area is 242 Å². The molecule has 0 aromatic carbocycles. The fraction of sp³-hybridized carbons (Fsp3) is 0.481. The lowest BCUT2D eigenvalue weighted by Crippen LogP contribution is -2.54. The third kappa shape index (κ3) is 4.75. The summed E-state index contributed by atoms with van der Waals surface area (Å²) in [6.07, 6.45) is 7.80. The zero-order chi connectivity index (χ0) is 29.2. The Balaban J connectivity index is 1.10. The SMILES string of the molecule is CC(C)n1nc(N2CC(C(=O)N3CC[C@@H](O)C3)C2)c2cnc(Nc3ccnc(-c4cnn(S(=O)(=O)C5CC5)c4)n3)cc21. The standard InChI is InChI=1S/C27H32N10O4S/c1-16(2)37-22-9-24(29-11-21(22)26(33-37)35-12-18(13-35)27(39)34-8-6-19(38)15-34)31-23-5-7-28-25(32-23)17-10-30-36(14-17)42(40,41)20-3-4-20/h5,7,9-11,14,16,18-20,38H,3-4,6,8,12-13,15H2,1-2H3,(H,28,29,31,32)/t19-/m1/s1. The van der Waals surface area contributed by atoms with Crippen molar-refractivity contribution in [2.24, 2.45) is 5.92 Å². The van der Waals surface area contributed by atoms with Gasteiger partial charge in [0.05, 0.1) is 46.1 Å². The van der Waals surface area contributed by atoms with Gasteiger partial charge in [0.2, 0.25) is 5.91 Å². The van der Waals surface area contributed by atoms with Gasteiger partial charge in [-0.05, 0) is 39.2 Å². The molecule has 6 heterocycles. The maximum atomic E-state index is 12.8. The van der Waals surface area contributed by atoms with Gasteiger partial charge in [0, 0.05) is 50.7 Å². The van der Waals surface area contributed by atoms with Gasteiger partial charge < -0.3 is 20.2 Å². The van der Waals surface area contributed by atoms with Crippen molar-refractivity contribution >= 4 is 44.3 Å². The number of aliphatic hydroxyl groups excluding tert-OH is 1. The lowest BCUT2D eigenvalue weighted by atomic mass is 9.98. The zero-order valence-corrected chi connectivity index (χ0v) is 24.1. The molecule has 2 N–H and O–H groups in total. The molecule has 42 heavy (non-hydrogen) atoms. The van der Waals surface area contributed by atoms with Crippen molar-refractivity contribution < 1.29 is 18.3 Å². The van der Waals surface area contributed by atoms with E-state index in [1.165, 1.54) is 12.4 Å². The van der Waals surface area contributed by atoms with Crippen LogP contribution in [0.1, 0.15) is 39.2 Å². The number of carbonyl (C=O) groups is 1. The maximum absolute atomic E-state index is 12.8. The molecule has 1 atom stereocenters. The number of fused-ring (bicyclic) bond motifs is 1. The van der Waals surface area contributed by atoms with Crippen LogP contribution in [0.2, 0.25) is 0 Å². The molecule has 0 spiro atoms. The first-order valence-electron chi connectivity index (χ1n) is 14.2. The minimum atomic E-state index is -3.47. The summed E-state index contributed by atoms with van der Waals surface area (Å²) in [6.45, 7) is 6.31. The van der Waals surface area contributed by atoms with Crippen molar-refractivity contribution in [1.29, 1.82) is 0 Å². The van der Waals surface area contributed by atoms with Crippen LogP contribution in [0.3, 0.4) is 0 Å². The summed E-state index contributed by atoms with van der Waals surface area (Å²) < 4.78 is 28.0. The molecule has 0 unspecified atom stereocenters. The molecular formula is C27H32N10O4S. The number of nitrogens with one attached hydrogen (secondary N) is 1. The van der Waals surface area contributed by atoms with Crippen LogP contribution in [0.4, 0.5) is 17.5 Å². The van der Waals surface area contributed by atoms with Crippen LogP contribution in [-0.2, 0) is 14.8 Å². The monoisotopic (exact) mass is 592 g/mol. The normalized spacial score (nSPS) is 19.6. The highest BCUT2D eigenvalue weighted by molar-refractivity contribution is 7.90. The van der Waals surface area contributed by atoms with E-state index in [-0.39, 0.29) is 23.1 Å². The van der Waals surface area contributed by atoms with Gasteiger partial charge in [-0.3, -0.25) is 9.48 Å². The van der Waals surface area contributed by atoms with E-state index < -0.39 is 16.1 Å². The molecule has 1 saturated carbocycles. The number of β-amino-alcohol motifs (C(OH)–C–C–N with tert-alkyl or cyclic N) is 1. The van der Waals surface area contributed by atoms with Crippen molar-refractivity contribution in [2.75, 3.05) is 36.4 Å². The number of hydrogen-bond acceptors (Lipinski definition) is 11. The molecule has 1 aliphatic carbocycles. The zero-order valence-electron chi connectivity index (χ0n) is 23.3. The first-order valence-corrected chi connectivity index (χ1v) is 15.7. The van der Waals surface area contributed by atoms with Gasteiger partial charge in [0.25, 0.3) is 10.0 Å². The van der Waals surface area contributed by atoms with Crippen LogP contribution in [0.25, 0.3) is 22.3 Å². The van der Waals surface area contributed by atoms with Crippen LogP contribution in [0.5, 0.6) is 0 Å². The minimum Gasteiger partial charge on any atom is -0.391 e. The van der Waals surface area contributed by atoms with Gasteiger partial charge in [-0.15, -0.1) is 0 Å². The third-order valence-electron chi connectivity index (χ3n) is 8.00. The minimum absolute atomic E-state index is 0.0930. The molecule has 2 aliphatic heterocycles. The van der Waals surface area contributed by atoms with E-state index in [1.54, 1.807) is 23.4 Å². The van der Waals surface area contributed by atoms with Crippen molar-refractivity contribution in [3.05, 3.63) is 36.9 Å². The number of pyridine rings is 1. The summed E-state index contributed by atoms with van der Waals surface area (Å²) in [5.74, 6) is 2.20. The summed E-state index contributed by atoms with van der Waals surface area (Å²) in [4.78, 5) is 30.2. The molecule has 0 bridgehead atoms. The highest BCUT2D eigenvalue weighted by Gasteiger charge is 2.40. The van der Waals surface area contributed by atoms with Gasteiger partial charge >= 0.3 is 0 Å². The molecular weight excluding hydrogens is 560 g/mol. The van der Waals surface area contributed by atoms with Crippen LogP contribution in [-0.4, -0.2) is 95.8 Å². The van der Waals surface area contributed by atoms with Crippen molar-refractivity contribution in [1.82, 2.24) is 38.8 Å². The topological polar surface area (TPSA) is 164 Å². The number of nitrogens with zero attached hydrogens (tertiary/aromatic N) is 9. The maximum Gasteiger partial charge on any atom is 0.256 e. The van der Waals surface area contributed by atoms with E-state index in [4.69, 9.17) is 5.10 Å². The lowest BCUT2D eigenvalue weighted by molar-refractivity contribution is -0.135. The quantitative estimate of drug-likeness (QED) is 0.306. The second-order valence-corrected chi connectivity index (χ2v) is 13.6. The van der Waals surface area contributed by atoms with E-state index in [1.807, 2.05) is 10.7 Å². The predicted octanol–water partition coefficient (Wildman–Crippen LogP) is 1.78. The number of likely N-dealkylation sites (tertiary alicyclic amines) is 1. The number of amides is 1. The van der Waals surface area contributed by atoms with E-state index in [9.17, 15) is 18.3 Å². The van der Waals surface area contributed by atoms with Crippen LogP contribution in [0, 0.1) is 5.92 Å². The van der Waals surface area contributed by atoms with Crippen LogP contribution in [0.15, 0.2) is 36.9 Å². The fourth-order valence-electron chi connectivity index (χ4n) is 5.50. The second-order valence-electron chi connectivity index (χ2n) is 11.5. The molecule has 7 rings (SSSR count). The smallest absolute Gasteiger partial charge is 0.256 e. The predicted molar refractivity (Wildman–Crippen MR) is 155 cm³/mol. The Morgan fingerprint density at radius 3 is 2.62 bits per heavy atom. The molecule has 4 aromatic rings. The summed E-state index contributed by atoms with van der Waals surface area (Å²) in [5.41, 5.74) is 1.40. The van der Waals surface area contributed by atoms with E-state index in [2.05, 4.69) is 44.1 Å². The summed E-state index contributed by atoms with van der Waals surface area (Å²) in [5, 5.41) is 22.5. The lowest BCUT2D eigenvalue weighted by Gasteiger charge is -2.40. The van der Waals surface area contributed by atoms with Crippen molar-refractivity contribution in [3.63, 3.8) is 0 Å². The molecule has 3 fully saturated rings. The molecule has 4 aromatic heterocycles. The summed E-state index contributed by atoms with van der Waals surface area (Å²) in [6, 6.07) is 3.72. The number of hydrogen-bond donors (Lipinski definition) is 2. The Hall–Kier alpha value is -4.11.